The number of carbonyl (C=O) groups is 1. The molecule has 1 heterocycles. The van der Waals surface area contributed by atoms with Gasteiger partial charge in [-0.25, -0.2) is 4.98 Å². The molecule has 4 nitrogen and oxygen atoms in total. The summed E-state index contributed by atoms with van der Waals surface area (Å²) in [7, 11) is 0. The summed E-state index contributed by atoms with van der Waals surface area (Å²) >= 11 is 1.64. The zero-order valence-corrected chi connectivity index (χ0v) is 12.0. The van der Waals surface area contributed by atoms with Crippen LogP contribution >= 0.6 is 11.3 Å². The molecule has 2 atom stereocenters. The van der Waals surface area contributed by atoms with E-state index in [-0.39, 0.29) is 23.4 Å². The third-order valence-corrected chi connectivity index (χ3v) is 4.96. The van der Waals surface area contributed by atoms with Gasteiger partial charge in [0.15, 0.2) is 0 Å². The number of nitrogens with zero attached hydrogens (tertiary/aromatic N) is 1. The predicted molar refractivity (Wildman–Crippen MR) is 73.3 cm³/mol. The Morgan fingerprint density at radius 2 is 2.22 bits per heavy atom. The molecule has 0 aromatic carbocycles. The van der Waals surface area contributed by atoms with Crippen molar-refractivity contribution in [2.75, 3.05) is 0 Å². The van der Waals surface area contributed by atoms with Crippen LogP contribution in [0.2, 0.25) is 0 Å². The molecule has 1 fully saturated rings. The first-order valence-corrected chi connectivity index (χ1v) is 7.33. The number of rotatable bonds is 4. The minimum atomic E-state index is -0.223. The van der Waals surface area contributed by atoms with Crippen LogP contribution in [0.4, 0.5) is 0 Å². The van der Waals surface area contributed by atoms with Crippen molar-refractivity contribution in [2.45, 2.75) is 51.6 Å². The Balaban J connectivity index is 2.12. The van der Waals surface area contributed by atoms with E-state index in [1.165, 1.54) is 0 Å². The quantitative estimate of drug-likeness (QED) is 0.876. The smallest absolute Gasteiger partial charge is 0.225 e. The Bertz CT molecular complexity index is 437. The van der Waals surface area contributed by atoms with Crippen molar-refractivity contribution in [1.29, 1.82) is 0 Å². The average molecular weight is 267 g/mol. The summed E-state index contributed by atoms with van der Waals surface area (Å²) in [6, 6.07) is -0.125. The second-order valence-electron chi connectivity index (χ2n) is 5.37. The number of aryl methyl sites for hydroxylation is 1. The molecule has 100 valence electrons. The molecule has 2 unspecified atom stereocenters. The van der Waals surface area contributed by atoms with Crippen LogP contribution in [0.15, 0.2) is 5.38 Å². The van der Waals surface area contributed by atoms with Gasteiger partial charge >= 0.3 is 0 Å². The van der Waals surface area contributed by atoms with Crippen LogP contribution in [0, 0.1) is 12.8 Å². The molecule has 1 aromatic heterocycles. The number of hydrogen-bond acceptors (Lipinski definition) is 4. The first-order chi connectivity index (χ1) is 8.44. The molecule has 0 saturated heterocycles. The van der Waals surface area contributed by atoms with Crippen LogP contribution in [0.5, 0.6) is 0 Å². The number of nitrogens with two attached hydrogens (primary N) is 1. The molecule has 0 spiro atoms. The number of hydrogen-bond donors (Lipinski definition) is 2. The molecular weight excluding hydrogens is 246 g/mol. The maximum absolute atomic E-state index is 12.2. The number of aromatic nitrogens is 1. The van der Waals surface area contributed by atoms with Gasteiger partial charge in [-0.3, -0.25) is 4.79 Å². The van der Waals surface area contributed by atoms with Gasteiger partial charge in [-0.15, -0.1) is 11.3 Å². The Labute approximate surface area is 112 Å². The molecule has 1 aliphatic rings. The third-order valence-electron chi connectivity index (χ3n) is 3.80. The van der Waals surface area contributed by atoms with Crippen LogP contribution in [0.1, 0.15) is 43.8 Å². The van der Waals surface area contributed by atoms with Crippen LogP contribution in [-0.2, 0) is 10.3 Å². The molecule has 0 radical (unpaired) electrons. The van der Waals surface area contributed by atoms with E-state index in [9.17, 15) is 4.79 Å². The van der Waals surface area contributed by atoms with Crippen molar-refractivity contribution < 1.29 is 4.79 Å². The van der Waals surface area contributed by atoms with Crippen molar-refractivity contribution in [2.24, 2.45) is 11.7 Å². The molecular formula is C13H21N3OS. The van der Waals surface area contributed by atoms with E-state index in [2.05, 4.69) is 10.3 Å². The number of amides is 1. The lowest BCUT2D eigenvalue weighted by atomic mass is 9.76. The fourth-order valence-electron chi connectivity index (χ4n) is 2.08. The summed E-state index contributed by atoms with van der Waals surface area (Å²) in [6.07, 6.45) is 3.11. The number of nitrogens with one attached hydrogen (secondary N) is 1. The van der Waals surface area contributed by atoms with E-state index in [1.54, 1.807) is 11.3 Å². The standard InChI is InChI=1S/C13H21N3OS/c1-8-7-18-12(15-8)13(5-4-6-13)16-11(17)9(2)10(3)14/h7,9-10H,4-6,14H2,1-3H3,(H,16,17). The number of thiazole rings is 1. The topological polar surface area (TPSA) is 68.0 Å². The molecule has 18 heavy (non-hydrogen) atoms. The molecule has 2 rings (SSSR count). The molecule has 3 N–H and O–H groups in total. The minimum Gasteiger partial charge on any atom is -0.344 e. The molecule has 1 aromatic rings. The first kappa shape index (κ1) is 13.5. The second-order valence-corrected chi connectivity index (χ2v) is 6.22. The van der Waals surface area contributed by atoms with Crippen molar-refractivity contribution >= 4 is 17.2 Å². The van der Waals surface area contributed by atoms with Gasteiger partial charge in [-0.2, -0.15) is 0 Å². The predicted octanol–water partition coefficient (Wildman–Crippen LogP) is 1.93. The van der Waals surface area contributed by atoms with E-state index in [0.717, 1.165) is 30.0 Å². The van der Waals surface area contributed by atoms with Gasteiger partial charge in [-0.05, 0) is 33.1 Å². The van der Waals surface area contributed by atoms with Crippen LogP contribution < -0.4 is 11.1 Å². The summed E-state index contributed by atoms with van der Waals surface area (Å²) in [5.74, 6) is -0.124. The summed E-state index contributed by atoms with van der Waals surface area (Å²) in [6.45, 7) is 5.73. The van der Waals surface area contributed by atoms with Crippen molar-refractivity contribution in [3.8, 4) is 0 Å². The molecule has 0 bridgehead atoms. The Morgan fingerprint density at radius 3 is 2.61 bits per heavy atom. The van der Waals surface area contributed by atoms with Crippen molar-refractivity contribution in [3.05, 3.63) is 16.1 Å². The van der Waals surface area contributed by atoms with Gasteiger partial charge in [-0.1, -0.05) is 6.92 Å². The Kier molecular flexibility index (Phi) is 3.73. The van der Waals surface area contributed by atoms with Crippen LogP contribution in [0.3, 0.4) is 0 Å². The highest BCUT2D eigenvalue weighted by Gasteiger charge is 2.43. The van der Waals surface area contributed by atoms with E-state index in [0.29, 0.717) is 0 Å². The maximum atomic E-state index is 12.2. The third kappa shape index (κ3) is 2.42. The highest BCUT2D eigenvalue weighted by atomic mass is 32.1. The molecule has 1 saturated carbocycles. The molecule has 1 amide bonds. The zero-order valence-electron chi connectivity index (χ0n) is 11.2. The average Bonchev–Trinajstić information content (AvgIpc) is 2.68. The monoisotopic (exact) mass is 267 g/mol. The summed E-state index contributed by atoms with van der Waals surface area (Å²) in [4.78, 5) is 16.7. The normalized spacial score (nSPS) is 20.9. The zero-order chi connectivity index (χ0) is 13.3. The van der Waals surface area contributed by atoms with Crippen LogP contribution in [-0.4, -0.2) is 16.9 Å². The second kappa shape index (κ2) is 4.97. The minimum absolute atomic E-state index is 0.0394. The van der Waals surface area contributed by atoms with Crippen LogP contribution in [0.25, 0.3) is 0 Å². The van der Waals surface area contributed by atoms with Gasteiger partial charge in [0, 0.05) is 23.0 Å². The molecule has 0 aliphatic heterocycles. The lowest BCUT2D eigenvalue weighted by molar-refractivity contribution is -0.128. The van der Waals surface area contributed by atoms with Gasteiger partial charge in [0.25, 0.3) is 0 Å². The van der Waals surface area contributed by atoms with Gasteiger partial charge in [0.1, 0.15) is 5.01 Å². The Hall–Kier alpha value is -0.940. The van der Waals surface area contributed by atoms with E-state index < -0.39 is 0 Å². The first-order valence-electron chi connectivity index (χ1n) is 6.45. The lowest BCUT2D eigenvalue weighted by Gasteiger charge is -2.41. The molecule has 1 aliphatic carbocycles. The largest absolute Gasteiger partial charge is 0.344 e. The fourth-order valence-corrected chi connectivity index (χ4v) is 3.10. The summed E-state index contributed by atoms with van der Waals surface area (Å²) in [5, 5.41) is 6.25. The van der Waals surface area contributed by atoms with Gasteiger partial charge in [0.2, 0.25) is 5.91 Å². The number of carbonyl (C=O) groups excluding carboxylic acids is 1. The van der Waals surface area contributed by atoms with Crippen molar-refractivity contribution in [1.82, 2.24) is 10.3 Å². The maximum Gasteiger partial charge on any atom is 0.225 e. The van der Waals surface area contributed by atoms with E-state index in [4.69, 9.17) is 5.73 Å². The summed E-state index contributed by atoms with van der Waals surface area (Å²) < 4.78 is 0. The SMILES string of the molecule is Cc1csc(C2(NC(=O)C(C)C(C)N)CCC2)n1. The van der Waals surface area contributed by atoms with Crippen molar-refractivity contribution in [3.63, 3.8) is 0 Å². The molecule has 5 heteroatoms. The fraction of sp³-hybridized carbons (Fsp3) is 0.692. The Morgan fingerprint density at radius 1 is 1.56 bits per heavy atom. The van der Waals surface area contributed by atoms with E-state index >= 15 is 0 Å². The highest BCUT2D eigenvalue weighted by Crippen LogP contribution is 2.42. The highest BCUT2D eigenvalue weighted by molar-refractivity contribution is 7.09. The lowest BCUT2D eigenvalue weighted by Crippen LogP contribution is -2.53. The van der Waals surface area contributed by atoms with Gasteiger partial charge in [0.05, 0.1) is 5.54 Å². The summed E-state index contributed by atoms with van der Waals surface area (Å²) in [5.41, 5.74) is 6.58. The van der Waals surface area contributed by atoms with E-state index in [1.807, 2.05) is 26.2 Å². The van der Waals surface area contributed by atoms with Gasteiger partial charge < -0.3 is 11.1 Å².